The van der Waals surface area contributed by atoms with E-state index in [0.29, 0.717) is 12.0 Å². The normalized spacial score (nSPS) is 29.0. The first-order chi connectivity index (χ1) is 10.2. The highest BCUT2D eigenvalue weighted by Crippen LogP contribution is 2.40. The number of hydrogen-bond acceptors (Lipinski definition) is 4. The van der Waals surface area contributed by atoms with E-state index in [2.05, 4.69) is 23.2 Å². The summed E-state index contributed by atoms with van der Waals surface area (Å²) in [6, 6.07) is 3.25. The first-order valence-corrected chi connectivity index (χ1v) is 8.73. The molecule has 2 aliphatic rings. The number of rotatable bonds is 10. The van der Waals surface area contributed by atoms with Crippen molar-refractivity contribution in [3.8, 4) is 6.07 Å². The molecule has 120 valence electrons. The molecule has 0 aromatic heterocycles. The van der Waals surface area contributed by atoms with E-state index in [9.17, 15) is 5.26 Å². The zero-order valence-electron chi connectivity index (χ0n) is 13.7. The Hall–Kier alpha value is -0.630. The molecule has 0 amide bonds. The van der Waals surface area contributed by atoms with Gasteiger partial charge in [-0.1, -0.05) is 13.3 Å². The predicted octanol–water partition coefficient (Wildman–Crippen LogP) is 2.55. The summed E-state index contributed by atoms with van der Waals surface area (Å²) in [4.78, 5) is 2.45. The van der Waals surface area contributed by atoms with Crippen LogP contribution < -0.4 is 5.32 Å². The van der Waals surface area contributed by atoms with Crippen molar-refractivity contribution in [2.45, 2.75) is 64.0 Å². The molecule has 2 fully saturated rings. The zero-order valence-corrected chi connectivity index (χ0v) is 13.7. The number of nitrogens with zero attached hydrogens (tertiary/aromatic N) is 2. The molecule has 0 aliphatic heterocycles. The van der Waals surface area contributed by atoms with Gasteiger partial charge in [0.05, 0.1) is 12.7 Å². The van der Waals surface area contributed by atoms with E-state index >= 15 is 0 Å². The molecule has 0 aromatic carbocycles. The molecule has 4 heteroatoms. The van der Waals surface area contributed by atoms with Crippen LogP contribution >= 0.6 is 0 Å². The van der Waals surface area contributed by atoms with Gasteiger partial charge in [-0.05, 0) is 58.0 Å². The van der Waals surface area contributed by atoms with Crippen molar-refractivity contribution >= 4 is 0 Å². The molecule has 0 bridgehead atoms. The Bertz CT molecular complexity index is 350. The van der Waals surface area contributed by atoms with Gasteiger partial charge in [0.2, 0.25) is 0 Å². The van der Waals surface area contributed by atoms with Crippen molar-refractivity contribution in [3.63, 3.8) is 0 Å². The highest BCUT2D eigenvalue weighted by Gasteiger charge is 2.45. The smallest absolute Gasteiger partial charge is 0.109 e. The van der Waals surface area contributed by atoms with Crippen LogP contribution in [0.3, 0.4) is 0 Å². The summed E-state index contributed by atoms with van der Waals surface area (Å²) in [7, 11) is 0. The van der Waals surface area contributed by atoms with E-state index in [4.69, 9.17) is 4.74 Å². The molecule has 4 nitrogen and oxygen atoms in total. The van der Waals surface area contributed by atoms with Crippen LogP contribution in [0.15, 0.2) is 0 Å². The van der Waals surface area contributed by atoms with Gasteiger partial charge in [-0.25, -0.2) is 0 Å². The largest absolute Gasteiger partial charge is 0.380 e. The second kappa shape index (κ2) is 8.12. The van der Waals surface area contributed by atoms with Crippen LogP contribution in [0.25, 0.3) is 0 Å². The molecule has 2 unspecified atom stereocenters. The quantitative estimate of drug-likeness (QED) is 0.629. The SMILES string of the molecule is CCOCCN(CC)CCC1CCCC1(C#N)NC1CC1. The van der Waals surface area contributed by atoms with E-state index in [-0.39, 0.29) is 5.54 Å². The molecule has 0 saturated heterocycles. The third kappa shape index (κ3) is 4.67. The van der Waals surface area contributed by atoms with Crippen molar-refractivity contribution in [2.75, 3.05) is 32.8 Å². The van der Waals surface area contributed by atoms with E-state index in [1.54, 1.807) is 0 Å². The van der Waals surface area contributed by atoms with Crippen molar-refractivity contribution in [3.05, 3.63) is 0 Å². The van der Waals surface area contributed by atoms with Crippen molar-refractivity contribution < 1.29 is 4.74 Å². The number of hydrogen-bond donors (Lipinski definition) is 1. The molecule has 2 aliphatic carbocycles. The van der Waals surface area contributed by atoms with E-state index in [0.717, 1.165) is 45.7 Å². The first kappa shape index (κ1) is 16.7. The summed E-state index contributed by atoms with van der Waals surface area (Å²) in [5.41, 5.74) is -0.236. The number of nitrogens with one attached hydrogen (secondary N) is 1. The summed E-state index contributed by atoms with van der Waals surface area (Å²) < 4.78 is 5.45. The molecular weight excluding hydrogens is 262 g/mol. The lowest BCUT2D eigenvalue weighted by Crippen LogP contribution is -2.49. The van der Waals surface area contributed by atoms with Crippen molar-refractivity contribution in [2.24, 2.45) is 5.92 Å². The molecule has 0 radical (unpaired) electrons. The average molecular weight is 293 g/mol. The Kier molecular flexibility index (Phi) is 6.47. The highest BCUT2D eigenvalue weighted by atomic mass is 16.5. The average Bonchev–Trinajstić information content (AvgIpc) is 3.22. The second-order valence-corrected chi connectivity index (χ2v) is 6.51. The molecule has 2 atom stereocenters. The fourth-order valence-corrected chi connectivity index (χ4v) is 3.53. The number of nitriles is 1. The summed E-state index contributed by atoms with van der Waals surface area (Å²) in [6.45, 7) is 9.02. The molecular formula is C17H31N3O. The Morgan fingerprint density at radius 3 is 2.71 bits per heavy atom. The minimum absolute atomic E-state index is 0.236. The van der Waals surface area contributed by atoms with Crippen LogP contribution in [0.2, 0.25) is 0 Å². The Balaban J connectivity index is 1.80. The zero-order chi connectivity index (χ0) is 15.1. The lowest BCUT2D eigenvalue weighted by molar-refractivity contribution is 0.111. The first-order valence-electron chi connectivity index (χ1n) is 8.73. The Morgan fingerprint density at radius 2 is 2.10 bits per heavy atom. The van der Waals surface area contributed by atoms with E-state index < -0.39 is 0 Å². The standard InChI is InChI=1S/C17H31N3O/c1-3-20(12-13-21-4-2)11-9-15-6-5-10-17(15,14-18)19-16-7-8-16/h15-16,19H,3-13H2,1-2H3. The third-order valence-corrected chi connectivity index (χ3v) is 5.06. The molecule has 0 heterocycles. The lowest BCUT2D eigenvalue weighted by atomic mass is 9.85. The second-order valence-electron chi connectivity index (χ2n) is 6.51. The summed E-state index contributed by atoms with van der Waals surface area (Å²) in [5.74, 6) is 0.518. The van der Waals surface area contributed by atoms with Gasteiger partial charge < -0.3 is 9.64 Å². The third-order valence-electron chi connectivity index (χ3n) is 5.06. The van der Waals surface area contributed by atoms with Gasteiger partial charge in [-0.3, -0.25) is 5.32 Å². The topological polar surface area (TPSA) is 48.3 Å². The van der Waals surface area contributed by atoms with Crippen LogP contribution in [0.1, 0.15) is 52.4 Å². The van der Waals surface area contributed by atoms with Crippen molar-refractivity contribution in [1.29, 1.82) is 5.26 Å². The minimum Gasteiger partial charge on any atom is -0.380 e. The molecule has 2 rings (SSSR count). The maximum atomic E-state index is 9.71. The van der Waals surface area contributed by atoms with Gasteiger partial charge in [-0.2, -0.15) is 5.26 Å². The van der Waals surface area contributed by atoms with Crippen LogP contribution in [-0.2, 0) is 4.74 Å². The van der Waals surface area contributed by atoms with Crippen molar-refractivity contribution in [1.82, 2.24) is 10.2 Å². The molecule has 1 N–H and O–H groups in total. The van der Waals surface area contributed by atoms with Gasteiger partial charge in [0.25, 0.3) is 0 Å². The maximum Gasteiger partial charge on any atom is 0.109 e. The molecule has 0 spiro atoms. The number of ether oxygens (including phenoxy) is 1. The van der Waals surface area contributed by atoms with Gasteiger partial charge in [0, 0.05) is 19.2 Å². The van der Waals surface area contributed by atoms with Gasteiger partial charge >= 0.3 is 0 Å². The van der Waals surface area contributed by atoms with Gasteiger partial charge in [0.1, 0.15) is 5.54 Å². The Labute approximate surface area is 129 Å². The Morgan fingerprint density at radius 1 is 1.29 bits per heavy atom. The van der Waals surface area contributed by atoms with E-state index in [1.807, 2.05) is 6.92 Å². The van der Waals surface area contributed by atoms with Crippen LogP contribution in [0, 0.1) is 17.2 Å². The maximum absolute atomic E-state index is 9.71. The predicted molar refractivity (Wildman–Crippen MR) is 85.1 cm³/mol. The molecule has 2 saturated carbocycles. The fourth-order valence-electron chi connectivity index (χ4n) is 3.53. The minimum atomic E-state index is -0.236. The van der Waals surface area contributed by atoms with E-state index in [1.165, 1.54) is 25.7 Å². The molecule has 21 heavy (non-hydrogen) atoms. The van der Waals surface area contributed by atoms with Gasteiger partial charge in [0.15, 0.2) is 0 Å². The summed E-state index contributed by atoms with van der Waals surface area (Å²) in [6.07, 6.45) is 7.08. The van der Waals surface area contributed by atoms with Crippen LogP contribution in [-0.4, -0.2) is 49.3 Å². The number of likely N-dealkylation sites (N-methyl/N-ethyl adjacent to an activating group) is 1. The monoisotopic (exact) mass is 293 g/mol. The highest BCUT2D eigenvalue weighted by molar-refractivity contribution is 5.16. The summed E-state index contributed by atoms with van der Waals surface area (Å²) >= 11 is 0. The van der Waals surface area contributed by atoms with Crippen LogP contribution in [0.4, 0.5) is 0 Å². The molecule has 0 aromatic rings. The van der Waals surface area contributed by atoms with Gasteiger partial charge in [-0.15, -0.1) is 0 Å². The fraction of sp³-hybridized carbons (Fsp3) is 0.941. The lowest BCUT2D eigenvalue weighted by Gasteiger charge is -2.32. The summed E-state index contributed by atoms with van der Waals surface area (Å²) in [5, 5.41) is 13.4. The van der Waals surface area contributed by atoms with Crippen LogP contribution in [0.5, 0.6) is 0 Å².